The minimum absolute atomic E-state index is 0.556. The van der Waals surface area contributed by atoms with Gasteiger partial charge in [-0.05, 0) is 71.4 Å². The maximum absolute atomic E-state index is 6.29. The molecule has 55 heavy (non-hydrogen) atoms. The molecule has 0 N–H and O–H groups in total. The van der Waals surface area contributed by atoms with Gasteiger partial charge >= 0.3 is 0 Å². The second-order valence-electron chi connectivity index (χ2n) is 14.0. The molecule has 12 rings (SSSR count). The fraction of sp³-hybridized carbons (Fsp3) is 0. The van der Waals surface area contributed by atoms with E-state index >= 15 is 0 Å². The molecule has 4 heterocycles. The smallest absolute Gasteiger partial charge is 0.164 e. The van der Waals surface area contributed by atoms with Gasteiger partial charge in [-0.2, -0.15) is 0 Å². The number of hydrogen-bond acceptors (Lipinski definition) is 5. The van der Waals surface area contributed by atoms with E-state index < -0.39 is 0 Å². The SMILES string of the molecule is c1cc(-c2nc(-c3ccc4c(c3)oc3ccccc34)nc(-c3ccc4c(c3)oc3ccccc34)n2)cc(-n2c3ccccc3c3c4ccccc4ccc32)c1. The molecule has 0 aliphatic carbocycles. The second kappa shape index (κ2) is 11.5. The summed E-state index contributed by atoms with van der Waals surface area (Å²) in [5, 5.41) is 9.17. The summed E-state index contributed by atoms with van der Waals surface area (Å²) in [5.41, 5.74) is 9.13. The summed E-state index contributed by atoms with van der Waals surface area (Å²) >= 11 is 0. The van der Waals surface area contributed by atoms with Gasteiger partial charge < -0.3 is 13.4 Å². The van der Waals surface area contributed by atoms with Crippen LogP contribution in [0.4, 0.5) is 0 Å². The van der Waals surface area contributed by atoms with Crippen molar-refractivity contribution in [3.63, 3.8) is 0 Å². The molecule has 0 aliphatic rings. The van der Waals surface area contributed by atoms with Crippen LogP contribution in [-0.2, 0) is 0 Å². The number of hydrogen-bond donors (Lipinski definition) is 0. The van der Waals surface area contributed by atoms with Crippen LogP contribution in [0.2, 0.25) is 0 Å². The Morgan fingerprint density at radius 2 is 0.873 bits per heavy atom. The molecule has 0 unspecified atom stereocenters. The average molecular weight is 705 g/mol. The molecule has 6 heteroatoms. The van der Waals surface area contributed by atoms with Crippen molar-refractivity contribution in [3.8, 4) is 39.9 Å². The Labute approximate surface area is 313 Å². The molecular weight excluding hydrogens is 677 g/mol. The summed E-state index contributed by atoms with van der Waals surface area (Å²) in [6.07, 6.45) is 0. The zero-order valence-electron chi connectivity index (χ0n) is 29.3. The maximum Gasteiger partial charge on any atom is 0.164 e. The molecule has 0 spiro atoms. The van der Waals surface area contributed by atoms with Gasteiger partial charge in [0.15, 0.2) is 17.5 Å². The molecule has 0 amide bonds. The third-order valence-electron chi connectivity index (χ3n) is 10.8. The number of fused-ring (bicyclic) bond motifs is 11. The molecular formula is C49H28N4O2. The molecule has 0 aliphatic heterocycles. The molecule has 0 atom stereocenters. The summed E-state index contributed by atoms with van der Waals surface area (Å²) in [5.74, 6) is 1.68. The van der Waals surface area contributed by atoms with Crippen molar-refractivity contribution >= 4 is 76.5 Å². The van der Waals surface area contributed by atoms with Gasteiger partial charge in [0.2, 0.25) is 0 Å². The molecule has 0 bridgehead atoms. The van der Waals surface area contributed by atoms with Crippen LogP contribution in [0.3, 0.4) is 0 Å². The Morgan fingerprint density at radius 3 is 1.53 bits per heavy atom. The highest BCUT2D eigenvalue weighted by atomic mass is 16.3. The van der Waals surface area contributed by atoms with Crippen molar-refractivity contribution in [3.05, 3.63) is 170 Å². The van der Waals surface area contributed by atoms with Gasteiger partial charge in [-0.1, -0.05) is 109 Å². The summed E-state index contributed by atoms with van der Waals surface area (Å²) in [6.45, 7) is 0. The fourth-order valence-corrected chi connectivity index (χ4v) is 8.29. The average Bonchev–Trinajstić information content (AvgIpc) is 3.92. The normalized spacial score (nSPS) is 12.0. The zero-order valence-corrected chi connectivity index (χ0v) is 29.3. The van der Waals surface area contributed by atoms with Crippen LogP contribution in [0.15, 0.2) is 179 Å². The molecule has 8 aromatic carbocycles. The lowest BCUT2D eigenvalue weighted by molar-refractivity contribution is 0.668. The maximum atomic E-state index is 6.29. The summed E-state index contributed by atoms with van der Waals surface area (Å²) < 4.78 is 14.9. The van der Waals surface area contributed by atoms with Crippen molar-refractivity contribution in [1.82, 2.24) is 19.5 Å². The first-order valence-corrected chi connectivity index (χ1v) is 18.3. The molecule has 256 valence electrons. The van der Waals surface area contributed by atoms with Crippen molar-refractivity contribution in [2.45, 2.75) is 0 Å². The largest absolute Gasteiger partial charge is 0.456 e. The molecule has 0 fully saturated rings. The van der Waals surface area contributed by atoms with E-state index in [1.54, 1.807) is 0 Å². The molecule has 6 nitrogen and oxygen atoms in total. The standard InChI is InChI=1S/C49H28N4O2/c1-2-13-34-29(10-1)22-25-41-46(34)39-16-3-6-17-40(39)53(41)33-12-9-11-30(26-33)47-50-48(31-20-23-37-35-14-4-7-18-42(35)54-44(37)27-31)52-49(51-47)32-21-24-38-36-15-5-8-19-43(36)55-45(38)28-32/h1-28H. The second-order valence-corrected chi connectivity index (χ2v) is 14.0. The topological polar surface area (TPSA) is 69.9 Å². The van der Waals surface area contributed by atoms with E-state index in [-0.39, 0.29) is 0 Å². The molecule has 4 aromatic heterocycles. The number of nitrogens with zero attached hydrogens (tertiary/aromatic N) is 4. The lowest BCUT2D eigenvalue weighted by Crippen LogP contribution is -2.01. The van der Waals surface area contributed by atoms with E-state index in [2.05, 4.69) is 126 Å². The van der Waals surface area contributed by atoms with E-state index in [9.17, 15) is 0 Å². The first-order valence-electron chi connectivity index (χ1n) is 18.3. The number of furan rings is 2. The Morgan fingerprint density at radius 1 is 0.345 bits per heavy atom. The van der Waals surface area contributed by atoms with Gasteiger partial charge in [0.05, 0.1) is 11.0 Å². The van der Waals surface area contributed by atoms with Gasteiger partial charge in [0.25, 0.3) is 0 Å². The lowest BCUT2D eigenvalue weighted by Gasteiger charge is -2.12. The van der Waals surface area contributed by atoms with Crippen molar-refractivity contribution in [2.24, 2.45) is 0 Å². The van der Waals surface area contributed by atoms with Crippen LogP contribution in [-0.4, -0.2) is 19.5 Å². The lowest BCUT2D eigenvalue weighted by atomic mass is 10.0. The third-order valence-corrected chi connectivity index (χ3v) is 10.8. The summed E-state index contributed by atoms with van der Waals surface area (Å²) in [7, 11) is 0. The van der Waals surface area contributed by atoms with Crippen molar-refractivity contribution in [1.29, 1.82) is 0 Å². The quantitative estimate of drug-likeness (QED) is 0.182. The minimum atomic E-state index is 0.556. The van der Waals surface area contributed by atoms with E-state index in [1.807, 2.05) is 48.5 Å². The van der Waals surface area contributed by atoms with Crippen LogP contribution >= 0.6 is 0 Å². The Kier molecular flexibility index (Phi) is 6.24. The van der Waals surface area contributed by atoms with Gasteiger partial charge in [0, 0.05) is 54.7 Å². The Hall–Kier alpha value is -7.57. The van der Waals surface area contributed by atoms with Gasteiger partial charge in [-0.25, -0.2) is 15.0 Å². The van der Waals surface area contributed by atoms with Crippen LogP contribution in [0.25, 0.3) is 116 Å². The third kappa shape index (κ3) is 4.58. The zero-order chi connectivity index (χ0) is 36.0. The predicted molar refractivity (Wildman–Crippen MR) is 223 cm³/mol. The van der Waals surface area contributed by atoms with Crippen LogP contribution < -0.4 is 0 Å². The van der Waals surface area contributed by atoms with Crippen molar-refractivity contribution in [2.75, 3.05) is 0 Å². The summed E-state index contributed by atoms with van der Waals surface area (Å²) in [6, 6.07) is 58.7. The Balaban J connectivity index is 1.07. The molecule has 0 radical (unpaired) electrons. The highest BCUT2D eigenvalue weighted by Crippen LogP contribution is 2.38. The minimum Gasteiger partial charge on any atom is -0.456 e. The van der Waals surface area contributed by atoms with Crippen LogP contribution in [0, 0.1) is 0 Å². The fourth-order valence-electron chi connectivity index (χ4n) is 8.29. The monoisotopic (exact) mass is 704 g/mol. The van der Waals surface area contributed by atoms with Gasteiger partial charge in [-0.15, -0.1) is 0 Å². The summed E-state index contributed by atoms with van der Waals surface area (Å²) in [4.78, 5) is 15.4. The predicted octanol–water partition coefficient (Wildman–Crippen LogP) is 12.9. The van der Waals surface area contributed by atoms with Crippen molar-refractivity contribution < 1.29 is 8.83 Å². The highest BCUT2D eigenvalue weighted by molar-refractivity contribution is 6.21. The Bertz CT molecular complexity index is 3380. The van der Waals surface area contributed by atoms with E-state index in [4.69, 9.17) is 23.8 Å². The van der Waals surface area contributed by atoms with E-state index in [0.717, 1.165) is 77.3 Å². The number of para-hydroxylation sites is 3. The molecule has 0 saturated carbocycles. The first-order chi connectivity index (χ1) is 27.2. The number of benzene rings is 8. The molecule has 12 aromatic rings. The number of aromatic nitrogens is 4. The van der Waals surface area contributed by atoms with Gasteiger partial charge in [-0.3, -0.25) is 0 Å². The first kappa shape index (κ1) is 29.9. The molecule has 0 saturated heterocycles. The number of rotatable bonds is 4. The van der Waals surface area contributed by atoms with E-state index in [1.165, 1.54) is 21.5 Å². The van der Waals surface area contributed by atoms with Gasteiger partial charge in [0.1, 0.15) is 22.3 Å². The highest BCUT2D eigenvalue weighted by Gasteiger charge is 2.19. The van der Waals surface area contributed by atoms with E-state index in [0.29, 0.717) is 17.5 Å². The van der Waals surface area contributed by atoms with Crippen LogP contribution in [0.5, 0.6) is 0 Å². The van der Waals surface area contributed by atoms with Crippen LogP contribution in [0.1, 0.15) is 0 Å².